The highest BCUT2D eigenvalue weighted by Gasteiger charge is 2.33. The predicted octanol–water partition coefficient (Wildman–Crippen LogP) is 0.832. The largest absolute Gasteiger partial charge is 0.340 e. The van der Waals surface area contributed by atoms with E-state index in [9.17, 15) is 9.59 Å². The third kappa shape index (κ3) is 1.65. The number of nitrogens with zero attached hydrogens (tertiary/aromatic N) is 1. The number of likely N-dealkylation sites (tertiary alicyclic amines) is 1. The Kier molecular flexibility index (Phi) is 2.50. The molecule has 0 aromatic rings. The summed E-state index contributed by atoms with van der Waals surface area (Å²) < 4.78 is 0. The van der Waals surface area contributed by atoms with Crippen molar-refractivity contribution in [2.75, 3.05) is 6.54 Å². The molecular formula is C9H15NO2. The second-order valence-corrected chi connectivity index (χ2v) is 3.65. The SMILES string of the molecule is CC(=O)[C@@H]1CC(=O)N(C(C)C)C1. The van der Waals surface area contributed by atoms with E-state index in [4.69, 9.17) is 0 Å². The lowest BCUT2D eigenvalue weighted by Crippen LogP contribution is -2.32. The van der Waals surface area contributed by atoms with Crippen LogP contribution in [0.2, 0.25) is 0 Å². The minimum atomic E-state index is -0.0556. The summed E-state index contributed by atoms with van der Waals surface area (Å²) in [6.45, 7) is 6.12. The van der Waals surface area contributed by atoms with Crippen molar-refractivity contribution in [2.24, 2.45) is 5.92 Å². The van der Waals surface area contributed by atoms with Gasteiger partial charge in [0.1, 0.15) is 5.78 Å². The van der Waals surface area contributed by atoms with Crippen LogP contribution in [-0.2, 0) is 9.59 Å². The Labute approximate surface area is 72.7 Å². The van der Waals surface area contributed by atoms with Crippen molar-refractivity contribution in [3.05, 3.63) is 0 Å². The van der Waals surface area contributed by atoms with Gasteiger partial charge in [0.15, 0.2) is 0 Å². The van der Waals surface area contributed by atoms with Crippen LogP contribution in [0.5, 0.6) is 0 Å². The highest BCUT2D eigenvalue weighted by molar-refractivity contribution is 5.89. The van der Waals surface area contributed by atoms with Crippen LogP contribution in [0, 0.1) is 5.92 Å². The molecule has 1 aliphatic rings. The summed E-state index contributed by atoms with van der Waals surface area (Å²) in [5, 5.41) is 0. The maximum atomic E-state index is 11.3. The Bertz CT molecular complexity index is 211. The van der Waals surface area contributed by atoms with Crippen LogP contribution < -0.4 is 0 Å². The molecule has 1 aliphatic heterocycles. The summed E-state index contributed by atoms with van der Waals surface area (Å²) in [7, 11) is 0. The normalized spacial score (nSPS) is 23.8. The first-order chi connectivity index (χ1) is 5.52. The lowest BCUT2D eigenvalue weighted by molar-refractivity contribution is -0.129. The highest BCUT2D eigenvalue weighted by Crippen LogP contribution is 2.20. The van der Waals surface area contributed by atoms with Gasteiger partial charge in [0.25, 0.3) is 0 Å². The molecule has 68 valence electrons. The molecule has 1 heterocycles. The van der Waals surface area contributed by atoms with Crippen LogP contribution in [-0.4, -0.2) is 29.2 Å². The van der Waals surface area contributed by atoms with Gasteiger partial charge in [-0.25, -0.2) is 0 Å². The summed E-state index contributed by atoms with van der Waals surface area (Å²) in [5.74, 6) is 0.191. The second kappa shape index (κ2) is 3.25. The zero-order chi connectivity index (χ0) is 9.30. The molecule has 0 N–H and O–H groups in total. The average molecular weight is 169 g/mol. The minimum Gasteiger partial charge on any atom is -0.340 e. The Morgan fingerprint density at radius 2 is 2.17 bits per heavy atom. The first-order valence-electron chi connectivity index (χ1n) is 4.32. The predicted molar refractivity (Wildman–Crippen MR) is 45.6 cm³/mol. The van der Waals surface area contributed by atoms with Gasteiger partial charge in [-0.15, -0.1) is 0 Å². The van der Waals surface area contributed by atoms with Gasteiger partial charge in [0.2, 0.25) is 5.91 Å². The molecule has 1 fully saturated rings. The zero-order valence-electron chi connectivity index (χ0n) is 7.83. The van der Waals surface area contributed by atoms with E-state index >= 15 is 0 Å². The summed E-state index contributed by atoms with van der Waals surface area (Å²) in [6.07, 6.45) is 0.410. The van der Waals surface area contributed by atoms with Crippen LogP contribution in [0.4, 0.5) is 0 Å². The van der Waals surface area contributed by atoms with Gasteiger partial charge in [-0.3, -0.25) is 9.59 Å². The molecule has 0 unspecified atom stereocenters. The third-order valence-corrected chi connectivity index (χ3v) is 2.36. The molecule has 0 aromatic carbocycles. The number of carbonyl (C=O) groups is 2. The molecule has 0 radical (unpaired) electrons. The lowest BCUT2D eigenvalue weighted by Gasteiger charge is -2.20. The van der Waals surface area contributed by atoms with E-state index in [1.807, 2.05) is 13.8 Å². The van der Waals surface area contributed by atoms with Crippen LogP contribution in [0.25, 0.3) is 0 Å². The van der Waals surface area contributed by atoms with Gasteiger partial charge >= 0.3 is 0 Å². The number of amides is 1. The third-order valence-electron chi connectivity index (χ3n) is 2.36. The van der Waals surface area contributed by atoms with Crippen LogP contribution in [0.15, 0.2) is 0 Å². The monoisotopic (exact) mass is 169 g/mol. The molecule has 0 bridgehead atoms. The molecule has 1 atom stereocenters. The average Bonchev–Trinajstić information content (AvgIpc) is 2.30. The molecule has 3 nitrogen and oxygen atoms in total. The van der Waals surface area contributed by atoms with Gasteiger partial charge < -0.3 is 4.90 Å². The van der Waals surface area contributed by atoms with Crippen LogP contribution in [0.3, 0.4) is 0 Å². The van der Waals surface area contributed by atoms with Crippen molar-refractivity contribution in [3.8, 4) is 0 Å². The molecule has 3 heteroatoms. The van der Waals surface area contributed by atoms with Gasteiger partial charge in [-0.2, -0.15) is 0 Å². The minimum absolute atomic E-state index is 0.0556. The standard InChI is InChI=1S/C9H15NO2/c1-6(2)10-5-8(7(3)11)4-9(10)12/h6,8H,4-5H2,1-3H3/t8-/m1/s1. The van der Waals surface area contributed by atoms with E-state index in [0.29, 0.717) is 13.0 Å². The fourth-order valence-electron chi connectivity index (χ4n) is 1.50. The fraction of sp³-hybridized carbons (Fsp3) is 0.778. The molecular weight excluding hydrogens is 154 g/mol. The summed E-state index contributed by atoms with van der Waals surface area (Å²) >= 11 is 0. The second-order valence-electron chi connectivity index (χ2n) is 3.65. The van der Waals surface area contributed by atoms with E-state index < -0.39 is 0 Å². The Balaban J connectivity index is 2.62. The van der Waals surface area contributed by atoms with Crippen molar-refractivity contribution in [1.82, 2.24) is 4.90 Å². The molecule has 12 heavy (non-hydrogen) atoms. The highest BCUT2D eigenvalue weighted by atomic mass is 16.2. The van der Waals surface area contributed by atoms with Crippen molar-refractivity contribution < 1.29 is 9.59 Å². The van der Waals surface area contributed by atoms with Crippen molar-refractivity contribution in [1.29, 1.82) is 0 Å². The number of hydrogen-bond donors (Lipinski definition) is 0. The molecule has 1 amide bonds. The van der Waals surface area contributed by atoms with E-state index in [1.165, 1.54) is 0 Å². The molecule has 0 saturated carbocycles. The van der Waals surface area contributed by atoms with Crippen molar-refractivity contribution in [3.63, 3.8) is 0 Å². The topological polar surface area (TPSA) is 37.4 Å². The van der Waals surface area contributed by atoms with E-state index in [-0.39, 0.29) is 23.7 Å². The summed E-state index contributed by atoms with van der Waals surface area (Å²) in [4.78, 5) is 24.1. The van der Waals surface area contributed by atoms with E-state index in [2.05, 4.69) is 0 Å². The lowest BCUT2D eigenvalue weighted by atomic mass is 10.1. The molecule has 1 rings (SSSR count). The molecule has 0 aliphatic carbocycles. The Hall–Kier alpha value is -0.860. The van der Waals surface area contributed by atoms with Gasteiger partial charge in [0.05, 0.1) is 0 Å². The smallest absolute Gasteiger partial charge is 0.223 e. The van der Waals surface area contributed by atoms with Crippen molar-refractivity contribution >= 4 is 11.7 Å². The first kappa shape index (κ1) is 9.23. The number of Topliss-reactive ketones (excluding diaryl/α,β-unsaturated/α-hetero) is 1. The maximum Gasteiger partial charge on any atom is 0.223 e. The number of ketones is 1. The van der Waals surface area contributed by atoms with Gasteiger partial charge in [0, 0.05) is 24.9 Å². The Morgan fingerprint density at radius 1 is 1.58 bits per heavy atom. The molecule has 1 saturated heterocycles. The maximum absolute atomic E-state index is 11.3. The van der Waals surface area contributed by atoms with Crippen LogP contribution >= 0.6 is 0 Å². The molecule has 0 aromatic heterocycles. The number of rotatable bonds is 2. The zero-order valence-corrected chi connectivity index (χ0v) is 7.83. The van der Waals surface area contributed by atoms with E-state index in [1.54, 1.807) is 11.8 Å². The quantitative estimate of drug-likeness (QED) is 0.614. The number of carbonyl (C=O) groups excluding carboxylic acids is 2. The van der Waals surface area contributed by atoms with Gasteiger partial charge in [-0.1, -0.05) is 0 Å². The van der Waals surface area contributed by atoms with Crippen molar-refractivity contribution in [2.45, 2.75) is 33.2 Å². The first-order valence-corrected chi connectivity index (χ1v) is 4.32. The van der Waals surface area contributed by atoms with Gasteiger partial charge in [-0.05, 0) is 20.8 Å². The molecule has 0 spiro atoms. The summed E-state index contributed by atoms with van der Waals surface area (Å²) in [6, 6.07) is 0.224. The van der Waals surface area contributed by atoms with E-state index in [0.717, 1.165) is 0 Å². The summed E-state index contributed by atoms with van der Waals surface area (Å²) in [5.41, 5.74) is 0. The number of hydrogen-bond acceptors (Lipinski definition) is 2. The Morgan fingerprint density at radius 3 is 2.42 bits per heavy atom. The fourth-order valence-corrected chi connectivity index (χ4v) is 1.50. The van der Waals surface area contributed by atoms with Crippen LogP contribution in [0.1, 0.15) is 27.2 Å².